The molecule has 3 amide bonds. The average molecular weight is 497 g/mol. The summed E-state index contributed by atoms with van der Waals surface area (Å²) in [6.07, 6.45) is -4.61. The molecule has 1 aliphatic rings. The van der Waals surface area contributed by atoms with E-state index in [1.807, 2.05) is 0 Å². The first-order valence-corrected chi connectivity index (χ1v) is 10.8. The number of amides is 3. The van der Waals surface area contributed by atoms with Crippen LogP contribution in [0.1, 0.15) is 25.8 Å². The van der Waals surface area contributed by atoms with Crippen molar-refractivity contribution in [3.05, 3.63) is 53.1 Å². The maximum atomic E-state index is 13.3. The molecular weight excluding hydrogens is 473 g/mol. The van der Waals surface area contributed by atoms with Gasteiger partial charge in [0.2, 0.25) is 17.7 Å². The molecule has 1 aliphatic heterocycles. The lowest BCUT2D eigenvalue weighted by atomic mass is 10.1. The second-order valence-corrected chi connectivity index (χ2v) is 8.59. The van der Waals surface area contributed by atoms with Gasteiger partial charge in [-0.25, -0.2) is 0 Å². The Kier molecular flexibility index (Phi) is 7.52. The molecule has 2 aromatic rings. The molecule has 182 valence electrons. The number of nitrogens with zero attached hydrogens (tertiary/aromatic N) is 2. The third-order valence-electron chi connectivity index (χ3n) is 5.60. The van der Waals surface area contributed by atoms with Gasteiger partial charge in [0.15, 0.2) is 0 Å². The summed E-state index contributed by atoms with van der Waals surface area (Å²) in [5.74, 6) is -1.30. The summed E-state index contributed by atoms with van der Waals surface area (Å²) in [5, 5.41) is 4.94. The van der Waals surface area contributed by atoms with Crippen molar-refractivity contribution in [1.82, 2.24) is 4.90 Å². The van der Waals surface area contributed by atoms with Gasteiger partial charge in [-0.1, -0.05) is 23.7 Å². The first-order chi connectivity index (χ1) is 15.9. The molecule has 0 spiro atoms. The van der Waals surface area contributed by atoms with Crippen molar-refractivity contribution in [2.75, 3.05) is 29.1 Å². The molecular formula is C23H24ClF3N4O3. The van der Waals surface area contributed by atoms with E-state index in [0.717, 1.165) is 12.1 Å². The van der Waals surface area contributed by atoms with Gasteiger partial charge in [0.1, 0.15) is 0 Å². The topological polar surface area (TPSA) is 81.8 Å². The minimum absolute atomic E-state index is 0.0942. The van der Waals surface area contributed by atoms with E-state index in [1.54, 1.807) is 31.2 Å². The van der Waals surface area contributed by atoms with Gasteiger partial charge < -0.3 is 15.5 Å². The number of para-hydroxylation sites is 2. The van der Waals surface area contributed by atoms with Gasteiger partial charge in [0.25, 0.3) is 0 Å². The maximum absolute atomic E-state index is 13.3. The highest BCUT2D eigenvalue weighted by atomic mass is 35.5. The second kappa shape index (κ2) is 10.0. The molecule has 0 saturated heterocycles. The van der Waals surface area contributed by atoms with E-state index in [-0.39, 0.29) is 29.8 Å². The van der Waals surface area contributed by atoms with Crippen LogP contribution in [0.25, 0.3) is 0 Å². The minimum atomic E-state index is -4.71. The minimum Gasteiger partial charge on any atom is -0.324 e. The number of benzene rings is 2. The molecule has 0 aliphatic carbocycles. The lowest BCUT2D eigenvalue weighted by molar-refractivity contribution is -0.137. The van der Waals surface area contributed by atoms with Crippen LogP contribution < -0.4 is 15.5 Å². The molecule has 0 fully saturated rings. The summed E-state index contributed by atoms with van der Waals surface area (Å²) in [5.41, 5.74) is -0.451. The molecule has 2 atom stereocenters. The Labute approximate surface area is 199 Å². The van der Waals surface area contributed by atoms with Crippen LogP contribution in [0, 0.1) is 0 Å². The van der Waals surface area contributed by atoms with E-state index >= 15 is 0 Å². The van der Waals surface area contributed by atoms with Crippen LogP contribution in [-0.2, 0) is 20.6 Å². The van der Waals surface area contributed by atoms with Crippen molar-refractivity contribution < 1.29 is 27.6 Å². The van der Waals surface area contributed by atoms with Crippen LogP contribution in [0.5, 0.6) is 0 Å². The fraction of sp³-hybridized carbons (Fsp3) is 0.348. The first-order valence-electron chi connectivity index (χ1n) is 10.5. The van der Waals surface area contributed by atoms with Crippen molar-refractivity contribution in [2.24, 2.45) is 0 Å². The van der Waals surface area contributed by atoms with Crippen LogP contribution >= 0.6 is 11.6 Å². The highest BCUT2D eigenvalue weighted by Crippen LogP contribution is 2.36. The number of carbonyl (C=O) groups excluding carboxylic acids is 3. The number of likely N-dealkylation sites (N-methyl/N-ethyl adjacent to an activating group) is 1. The van der Waals surface area contributed by atoms with Crippen LogP contribution in [0.4, 0.5) is 30.2 Å². The zero-order valence-corrected chi connectivity index (χ0v) is 19.5. The maximum Gasteiger partial charge on any atom is 0.418 e. The average Bonchev–Trinajstić information content (AvgIpc) is 2.87. The Morgan fingerprint density at radius 1 is 1.26 bits per heavy atom. The highest BCUT2D eigenvalue weighted by molar-refractivity contribution is 6.30. The Hall–Kier alpha value is -3.11. The van der Waals surface area contributed by atoms with Crippen LogP contribution in [0.2, 0.25) is 5.02 Å². The number of rotatable bonds is 5. The lowest BCUT2D eigenvalue weighted by Crippen LogP contribution is -2.48. The van der Waals surface area contributed by atoms with Crippen molar-refractivity contribution >= 4 is 46.4 Å². The zero-order valence-electron chi connectivity index (χ0n) is 18.7. The van der Waals surface area contributed by atoms with Gasteiger partial charge in [-0.3, -0.25) is 19.3 Å². The Balaban J connectivity index is 1.75. The van der Waals surface area contributed by atoms with Crippen molar-refractivity contribution in [1.29, 1.82) is 0 Å². The number of halogens is 4. The molecule has 0 unspecified atom stereocenters. The number of nitrogens with one attached hydrogen (secondary N) is 2. The SMILES string of the molecule is C[C@H](C(=O)Nc1ccc(Cl)cc1C(F)(F)F)N(C)CC(=O)N1c2ccccc2NC(=O)C[C@@H]1C. The Morgan fingerprint density at radius 3 is 2.62 bits per heavy atom. The first kappa shape index (κ1) is 25.5. The summed E-state index contributed by atoms with van der Waals surface area (Å²) >= 11 is 5.68. The zero-order chi connectivity index (χ0) is 25.2. The number of alkyl halides is 3. The smallest absolute Gasteiger partial charge is 0.324 e. The normalized spacial score (nSPS) is 17.0. The van der Waals surface area contributed by atoms with Gasteiger partial charge in [0.05, 0.1) is 35.2 Å². The largest absolute Gasteiger partial charge is 0.418 e. The number of hydrogen-bond donors (Lipinski definition) is 2. The van der Waals surface area contributed by atoms with E-state index in [1.165, 1.54) is 29.8 Å². The quantitative estimate of drug-likeness (QED) is 0.643. The van der Waals surface area contributed by atoms with Gasteiger partial charge >= 0.3 is 6.18 Å². The van der Waals surface area contributed by atoms with Gasteiger partial charge in [-0.15, -0.1) is 0 Å². The number of fused-ring (bicyclic) bond motifs is 1. The van der Waals surface area contributed by atoms with Crippen molar-refractivity contribution in [2.45, 2.75) is 38.5 Å². The molecule has 3 rings (SSSR count). The van der Waals surface area contributed by atoms with Crippen molar-refractivity contribution in [3.8, 4) is 0 Å². The summed E-state index contributed by atoms with van der Waals surface area (Å²) in [4.78, 5) is 41.0. The van der Waals surface area contributed by atoms with Crippen LogP contribution in [0.3, 0.4) is 0 Å². The molecule has 1 heterocycles. The summed E-state index contributed by atoms with van der Waals surface area (Å²) in [6, 6.07) is 8.59. The Morgan fingerprint density at radius 2 is 1.94 bits per heavy atom. The third kappa shape index (κ3) is 5.68. The summed E-state index contributed by atoms with van der Waals surface area (Å²) in [7, 11) is 1.52. The van der Waals surface area contributed by atoms with Gasteiger partial charge in [-0.2, -0.15) is 13.2 Å². The highest BCUT2D eigenvalue weighted by Gasteiger charge is 2.35. The van der Waals surface area contributed by atoms with Gasteiger partial charge in [0, 0.05) is 17.5 Å². The molecule has 11 heteroatoms. The van der Waals surface area contributed by atoms with Gasteiger partial charge in [-0.05, 0) is 51.2 Å². The number of hydrogen-bond acceptors (Lipinski definition) is 4. The fourth-order valence-electron chi connectivity index (χ4n) is 3.69. The predicted octanol–water partition coefficient (Wildman–Crippen LogP) is 4.38. The number of anilines is 3. The Bertz CT molecular complexity index is 1110. The standard InChI is InChI=1S/C23H24ClF3N4O3/c1-13-10-20(32)28-18-6-4-5-7-19(18)31(13)21(33)12-30(3)14(2)22(34)29-17-9-8-15(24)11-16(17)23(25,26)27/h4-9,11,13-14H,10,12H2,1-3H3,(H,28,32)(H,29,34)/t13-,14+/m0/s1. The fourth-order valence-corrected chi connectivity index (χ4v) is 3.86. The molecule has 7 nitrogen and oxygen atoms in total. The molecule has 0 radical (unpaired) electrons. The number of carbonyl (C=O) groups is 3. The molecule has 0 saturated carbocycles. The van der Waals surface area contributed by atoms with E-state index < -0.39 is 35.4 Å². The summed E-state index contributed by atoms with van der Waals surface area (Å²) in [6.45, 7) is 3.03. The van der Waals surface area contributed by atoms with E-state index in [4.69, 9.17) is 11.6 Å². The molecule has 2 N–H and O–H groups in total. The van der Waals surface area contributed by atoms with E-state index in [0.29, 0.717) is 11.4 Å². The van der Waals surface area contributed by atoms with Crippen LogP contribution in [-0.4, -0.2) is 48.3 Å². The van der Waals surface area contributed by atoms with Crippen LogP contribution in [0.15, 0.2) is 42.5 Å². The third-order valence-corrected chi connectivity index (χ3v) is 5.83. The second-order valence-electron chi connectivity index (χ2n) is 8.15. The predicted molar refractivity (Wildman–Crippen MR) is 124 cm³/mol. The van der Waals surface area contributed by atoms with E-state index in [9.17, 15) is 27.6 Å². The summed E-state index contributed by atoms with van der Waals surface area (Å²) < 4.78 is 40.0. The molecule has 0 bridgehead atoms. The van der Waals surface area contributed by atoms with E-state index in [2.05, 4.69) is 10.6 Å². The molecule has 34 heavy (non-hydrogen) atoms. The monoisotopic (exact) mass is 496 g/mol. The lowest BCUT2D eigenvalue weighted by Gasteiger charge is -2.31. The molecule has 2 aromatic carbocycles. The molecule has 0 aromatic heterocycles. The van der Waals surface area contributed by atoms with Crippen molar-refractivity contribution in [3.63, 3.8) is 0 Å².